The average Bonchev–Trinajstić information content (AvgIpc) is 2.43. The second-order valence-electron chi connectivity index (χ2n) is 3.32. The first-order chi connectivity index (χ1) is 7.34. The van der Waals surface area contributed by atoms with Crippen molar-refractivity contribution in [1.29, 1.82) is 0 Å². The minimum Gasteiger partial charge on any atom is -0.308 e. The van der Waals surface area contributed by atoms with Crippen molar-refractivity contribution in [3.05, 3.63) is 23.8 Å². The topological polar surface area (TPSA) is 91.8 Å². The van der Waals surface area contributed by atoms with Gasteiger partial charge in [0.25, 0.3) is 21.8 Å². The number of ketones is 1. The highest BCUT2D eigenvalue weighted by Crippen LogP contribution is 2.32. The van der Waals surface area contributed by atoms with Gasteiger partial charge in [0.2, 0.25) is 0 Å². The molecule has 7 heteroatoms. The standard InChI is InChI=1S/C9H7NO5S/c1-10-5-3-2-4-6(16(13,14)15)7(5)8(11)9(10)12/h2-4H,1H3,(H,13,14,15). The first kappa shape index (κ1) is 10.8. The molecule has 0 saturated heterocycles. The Morgan fingerprint density at radius 3 is 2.44 bits per heavy atom. The fourth-order valence-corrected chi connectivity index (χ4v) is 2.32. The number of carbonyl (C=O) groups is 2. The fourth-order valence-electron chi connectivity index (χ4n) is 1.61. The smallest absolute Gasteiger partial charge is 0.299 e. The summed E-state index contributed by atoms with van der Waals surface area (Å²) in [6, 6.07) is 3.87. The number of Topliss-reactive ketones (excluding diaryl/α,β-unsaturated/α-hetero) is 1. The van der Waals surface area contributed by atoms with Crippen molar-refractivity contribution in [3.63, 3.8) is 0 Å². The van der Waals surface area contributed by atoms with Gasteiger partial charge in [-0.2, -0.15) is 8.42 Å². The molecule has 0 bridgehead atoms. The van der Waals surface area contributed by atoms with E-state index in [0.717, 1.165) is 11.0 Å². The Hall–Kier alpha value is -1.73. The van der Waals surface area contributed by atoms with Gasteiger partial charge >= 0.3 is 0 Å². The molecule has 0 spiro atoms. The third-order valence-corrected chi connectivity index (χ3v) is 3.27. The summed E-state index contributed by atoms with van der Waals surface area (Å²) in [7, 11) is -3.15. The van der Waals surface area contributed by atoms with E-state index in [1.807, 2.05) is 0 Å². The summed E-state index contributed by atoms with van der Waals surface area (Å²) >= 11 is 0. The van der Waals surface area contributed by atoms with Crippen LogP contribution in [0.15, 0.2) is 23.1 Å². The number of anilines is 1. The number of likely N-dealkylation sites (N-methyl/N-ethyl adjacent to an activating group) is 1. The highest BCUT2D eigenvalue weighted by Gasteiger charge is 2.37. The molecule has 2 rings (SSSR count). The Morgan fingerprint density at radius 2 is 1.88 bits per heavy atom. The lowest BCUT2D eigenvalue weighted by atomic mass is 10.1. The van der Waals surface area contributed by atoms with E-state index in [2.05, 4.69) is 0 Å². The van der Waals surface area contributed by atoms with Gasteiger partial charge in [0.15, 0.2) is 0 Å². The van der Waals surface area contributed by atoms with Crippen molar-refractivity contribution in [3.8, 4) is 0 Å². The van der Waals surface area contributed by atoms with Crippen molar-refractivity contribution in [1.82, 2.24) is 0 Å². The number of benzene rings is 1. The molecule has 6 nitrogen and oxygen atoms in total. The van der Waals surface area contributed by atoms with Crippen molar-refractivity contribution < 1.29 is 22.6 Å². The number of rotatable bonds is 1. The first-order valence-corrected chi connectivity index (χ1v) is 5.71. The van der Waals surface area contributed by atoms with Gasteiger partial charge < -0.3 is 4.90 Å². The first-order valence-electron chi connectivity index (χ1n) is 4.27. The molecule has 1 aliphatic rings. The zero-order valence-corrected chi connectivity index (χ0v) is 8.98. The normalized spacial score (nSPS) is 15.5. The number of amides is 1. The molecule has 84 valence electrons. The van der Waals surface area contributed by atoms with Crippen molar-refractivity contribution in [2.45, 2.75) is 4.90 Å². The predicted molar refractivity (Wildman–Crippen MR) is 54.0 cm³/mol. The van der Waals surface area contributed by atoms with E-state index in [9.17, 15) is 18.0 Å². The highest BCUT2D eigenvalue weighted by molar-refractivity contribution is 7.86. The third-order valence-electron chi connectivity index (χ3n) is 2.37. The van der Waals surface area contributed by atoms with Gasteiger partial charge in [-0.3, -0.25) is 14.1 Å². The molecule has 1 N–H and O–H groups in total. The molecule has 0 radical (unpaired) electrons. The van der Waals surface area contributed by atoms with Crippen LogP contribution in [0.25, 0.3) is 0 Å². The largest absolute Gasteiger partial charge is 0.308 e. The summed E-state index contributed by atoms with van der Waals surface area (Å²) in [5.41, 5.74) is -0.0809. The van der Waals surface area contributed by atoms with Crippen LogP contribution in [0.4, 0.5) is 5.69 Å². The number of hydrogen-bond acceptors (Lipinski definition) is 4. The molecule has 1 aliphatic heterocycles. The van der Waals surface area contributed by atoms with Crippen molar-refractivity contribution in [2.75, 3.05) is 11.9 Å². The SMILES string of the molecule is CN1C(=O)C(=O)c2c1cccc2S(=O)(=O)O. The van der Waals surface area contributed by atoms with E-state index < -0.39 is 26.7 Å². The summed E-state index contributed by atoms with van der Waals surface area (Å²) < 4.78 is 31.0. The molecular formula is C9H7NO5S. The Balaban J connectivity index is 2.83. The minimum absolute atomic E-state index is 0.185. The van der Waals surface area contributed by atoms with E-state index >= 15 is 0 Å². The fraction of sp³-hybridized carbons (Fsp3) is 0.111. The minimum atomic E-state index is -4.51. The van der Waals surface area contributed by atoms with Crippen LogP contribution in [0.3, 0.4) is 0 Å². The lowest BCUT2D eigenvalue weighted by Crippen LogP contribution is -2.24. The molecular weight excluding hydrogens is 234 g/mol. The Morgan fingerprint density at radius 1 is 1.25 bits per heavy atom. The summed E-state index contributed by atoms with van der Waals surface area (Å²) in [6.45, 7) is 0. The molecule has 16 heavy (non-hydrogen) atoms. The summed E-state index contributed by atoms with van der Waals surface area (Å²) in [4.78, 5) is 23.4. The number of nitrogens with zero attached hydrogens (tertiary/aromatic N) is 1. The van der Waals surface area contributed by atoms with Gasteiger partial charge in [0, 0.05) is 7.05 Å². The summed E-state index contributed by atoms with van der Waals surface area (Å²) in [6.07, 6.45) is 0. The zero-order chi connectivity index (χ0) is 12.1. The van der Waals surface area contributed by atoms with E-state index in [0.29, 0.717) is 0 Å². The zero-order valence-electron chi connectivity index (χ0n) is 8.17. The van der Waals surface area contributed by atoms with E-state index in [4.69, 9.17) is 4.55 Å². The van der Waals surface area contributed by atoms with E-state index in [1.54, 1.807) is 0 Å². The van der Waals surface area contributed by atoms with Gasteiger partial charge in [-0.15, -0.1) is 0 Å². The summed E-state index contributed by atoms with van der Waals surface area (Å²) in [5, 5.41) is 0. The molecule has 0 atom stereocenters. The molecule has 0 aromatic heterocycles. The Labute approximate surface area is 91.2 Å². The molecule has 0 saturated carbocycles. The summed E-state index contributed by atoms with van der Waals surface area (Å²) in [5.74, 6) is -1.74. The number of fused-ring (bicyclic) bond motifs is 1. The van der Waals surface area contributed by atoms with Crippen molar-refractivity contribution >= 4 is 27.5 Å². The quantitative estimate of drug-likeness (QED) is 0.555. The van der Waals surface area contributed by atoms with Gasteiger partial charge in [-0.1, -0.05) is 6.07 Å². The lowest BCUT2D eigenvalue weighted by Gasteiger charge is -2.08. The van der Waals surface area contributed by atoms with Crippen molar-refractivity contribution in [2.24, 2.45) is 0 Å². The van der Waals surface area contributed by atoms with E-state index in [-0.39, 0.29) is 11.3 Å². The van der Waals surface area contributed by atoms with Crippen LogP contribution in [-0.4, -0.2) is 31.7 Å². The highest BCUT2D eigenvalue weighted by atomic mass is 32.2. The maximum absolute atomic E-state index is 11.5. The maximum Gasteiger partial charge on any atom is 0.299 e. The van der Waals surface area contributed by atoms with Crippen LogP contribution in [0, 0.1) is 0 Å². The van der Waals surface area contributed by atoms with E-state index in [1.165, 1.54) is 19.2 Å². The van der Waals surface area contributed by atoms with Gasteiger partial charge in [0.1, 0.15) is 4.90 Å². The molecule has 1 aromatic rings. The number of hydrogen-bond donors (Lipinski definition) is 1. The third kappa shape index (κ3) is 1.33. The molecule has 0 aliphatic carbocycles. The van der Waals surface area contributed by atoms with Gasteiger partial charge in [-0.05, 0) is 12.1 Å². The van der Waals surface area contributed by atoms with Gasteiger partial charge in [-0.25, -0.2) is 0 Å². The maximum atomic E-state index is 11.5. The Bertz CT molecular complexity index is 604. The molecule has 1 aromatic carbocycles. The second-order valence-corrected chi connectivity index (χ2v) is 4.71. The second kappa shape index (κ2) is 3.13. The number of carbonyl (C=O) groups excluding carboxylic acids is 2. The van der Waals surface area contributed by atoms with Crippen LogP contribution < -0.4 is 4.90 Å². The predicted octanol–water partition coefficient (Wildman–Crippen LogP) is 0.0924. The van der Waals surface area contributed by atoms with Crippen LogP contribution in [0.5, 0.6) is 0 Å². The lowest BCUT2D eigenvalue weighted by molar-refractivity contribution is -0.114. The van der Waals surface area contributed by atoms with Gasteiger partial charge in [0.05, 0.1) is 11.3 Å². The van der Waals surface area contributed by atoms with Crippen LogP contribution >= 0.6 is 0 Å². The average molecular weight is 241 g/mol. The van der Waals surface area contributed by atoms with Crippen LogP contribution in [0.2, 0.25) is 0 Å². The van der Waals surface area contributed by atoms with Crippen LogP contribution in [-0.2, 0) is 14.9 Å². The molecule has 1 heterocycles. The Kier molecular flexibility index (Phi) is 2.11. The molecule has 0 fully saturated rings. The monoisotopic (exact) mass is 241 g/mol. The van der Waals surface area contributed by atoms with Crippen LogP contribution in [0.1, 0.15) is 10.4 Å². The molecule has 1 amide bonds. The molecule has 0 unspecified atom stereocenters.